The molecule has 2 N–H and O–H groups in total. The zero-order valence-corrected chi connectivity index (χ0v) is 6.54. The van der Waals surface area contributed by atoms with E-state index < -0.39 is 0 Å². The maximum absolute atomic E-state index is 6.00. The molecule has 2 rings (SSSR count). The van der Waals surface area contributed by atoms with Crippen LogP contribution in [0.4, 0.5) is 0 Å². The van der Waals surface area contributed by atoms with E-state index in [2.05, 4.69) is 9.97 Å². The van der Waals surface area contributed by atoms with Gasteiger partial charge >= 0.3 is 0 Å². The van der Waals surface area contributed by atoms with Crippen molar-refractivity contribution in [2.75, 3.05) is 0 Å². The van der Waals surface area contributed by atoms with Gasteiger partial charge in [0, 0.05) is 6.20 Å². The third-order valence-electron chi connectivity index (χ3n) is 2.24. The second-order valence-electron chi connectivity index (χ2n) is 3.31. The van der Waals surface area contributed by atoms with Gasteiger partial charge in [-0.2, -0.15) is 0 Å². The molecule has 0 amide bonds. The van der Waals surface area contributed by atoms with E-state index in [9.17, 15) is 0 Å². The van der Waals surface area contributed by atoms with Gasteiger partial charge in [-0.25, -0.2) is 9.97 Å². The topological polar surface area (TPSA) is 51.8 Å². The molecule has 3 heteroatoms. The number of rotatable bonds is 0. The first-order valence-electron chi connectivity index (χ1n) is 3.78. The van der Waals surface area contributed by atoms with E-state index in [0.717, 1.165) is 18.5 Å². The van der Waals surface area contributed by atoms with Gasteiger partial charge in [0.2, 0.25) is 0 Å². The first kappa shape index (κ1) is 6.73. The SMILES string of the molecule is CC1(N)CCc2cncnc21. The van der Waals surface area contributed by atoms with Gasteiger partial charge in [0.05, 0.1) is 11.2 Å². The highest BCUT2D eigenvalue weighted by Crippen LogP contribution is 2.31. The molecule has 0 fully saturated rings. The first-order chi connectivity index (χ1) is 5.20. The minimum Gasteiger partial charge on any atom is -0.320 e. The van der Waals surface area contributed by atoms with E-state index in [4.69, 9.17) is 5.73 Å². The Morgan fingerprint density at radius 1 is 1.64 bits per heavy atom. The van der Waals surface area contributed by atoms with Gasteiger partial charge in [0.15, 0.2) is 0 Å². The van der Waals surface area contributed by atoms with Gasteiger partial charge in [-0.3, -0.25) is 0 Å². The van der Waals surface area contributed by atoms with E-state index in [-0.39, 0.29) is 5.54 Å². The van der Waals surface area contributed by atoms with Crippen LogP contribution in [0.1, 0.15) is 24.6 Å². The summed E-state index contributed by atoms with van der Waals surface area (Å²) in [5.74, 6) is 0. The van der Waals surface area contributed by atoms with Crippen molar-refractivity contribution in [2.45, 2.75) is 25.3 Å². The number of nitrogens with zero attached hydrogens (tertiary/aromatic N) is 2. The summed E-state index contributed by atoms with van der Waals surface area (Å²) < 4.78 is 0. The fraction of sp³-hybridized carbons (Fsp3) is 0.500. The third kappa shape index (κ3) is 0.922. The van der Waals surface area contributed by atoms with Gasteiger partial charge < -0.3 is 5.73 Å². The summed E-state index contributed by atoms with van der Waals surface area (Å²) in [4.78, 5) is 8.13. The van der Waals surface area contributed by atoms with Crippen LogP contribution in [-0.4, -0.2) is 9.97 Å². The van der Waals surface area contributed by atoms with E-state index in [1.165, 1.54) is 5.56 Å². The molecular weight excluding hydrogens is 138 g/mol. The molecule has 1 atom stereocenters. The highest BCUT2D eigenvalue weighted by Gasteiger charge is 2.31. The number of aryl methyl sites for hydroxylation is 1. The van der Waals surface area contributed by atoms with Gasteiger partial charge in [0.1, 0.15) is 6.33 Å². The van der Waals surface area contributed by atoms with Crippen molar-refractivity contribution in [1.29, 1.82) is 0 Å². The molecule has 0 aliphatic heterocycles. The highest BCUT2D eigenvalue weighted by atomic mass is 14.9. The summed E-state index contributed by atoms with van der Waals surface area (Å²) >= 11 is 0. The van der Waals surface area contributed by atoms with E-state index in [1.54, 1.807) is 6.33 Å². The lowest BCUT2D eigenvalue weighted by Crippen LogP contribution is -2.30. The van der Waals surface area contributed by atoms with Crippen molar-refractivity contribution in [3.05, 3.63) is 23.8 Å². The lowest BCUT2D eigenvalue weighted by molar-refractivity contribution is 0.479. The zero-order chi connectivity index (χ0) is 7.90. The van der Waals surface area contributed by atoms with Crippen LogP contribution in [-0.2, 0) is 12.0 Å². The number of hydrogen-bond donors (Lipinski definition) is 1. The van der Waals surface area contributed by atoms with Crippen molar-refractivity contribution < 1.29 is 0 Å². The molecule has 1 heterocycles. The Bertz CT molecular complexity index is 280. The quantitative estimate of drug-likeness (QED) is 0.587. The Morgan fingerprint density at radius 3 is 3.18 bits per heavy atom. The van der Waals surface area contributed by atoms with Crippen LogP contribution in [0.25, 0.3) is 0 Å². The van der Waals surface area contributed by atoms with Gasteiger partial charge in [-0.05, 0) is 25.3 Å². The molecular formula is C8H11N3. The average molecular weight is 149 g/mol. The van der Waals surface area contributed by atoms with E-state index in [0.29, 0.717) is 0 Å². The molecule has 1 aliphatic rings. The van der Waals surface area contributed by atoms with Gasteiger partial charge in [-0.1, -0.05) is 0 Å². The van der Waals surface area contributed by atoms with Crippen LogP contribution in [0, 0.1) is 0 Å². The second kappa shape index (κ2) is 2.01. The van der Waals surface area contributed by atoms with Crippen molar-refractivity contribution in [3.63, 3.8) is 0 Å². The largest absolute Gasteiger partial charge is 0.320 e. The Kier molecular flexibility index (Phi) is 1.23. The Balaban J connectivity index is 2.56. The Labute approximate surface area is 65.7 Å². The van der Waals surface area contributed by atoms with Gasteiger partial charge in [0.25, 0.3) is 0 Å². The summed E-state index contributed by atoms with van der Waals surface area (Å²) in [5.41, 5.74) is 8.00. The van der Waals surface area contributed by atoms with Crippen LogP contribution in [0.15, 0.2) is 12.5 Å². The third-order valence-corrected chi connectivity index (χ3v) is 2.24. The maximum atomic E-state index is 6.00. The maximum Gasteiger partial charge on any atom is 0.115 e. The number of aromatic nitrogens is 2. The minimum atomic E-state index is -0.224. The lowest BCUT2D eigenvalue weighted by atomic mass is 10.0. The molecule has 0 aromatic carbocycles. The normalized spacial score (nSPS) is 28.5. The monoisotopic (exact) mass is 149 g/mol. The van der Waals surface area contributed by atoms with Crippen molar-refractivity contribution >= 4 is 0 Å². The summed E-state index contributed by atoms with van der Waals surface area (Å²) in [5, 5.41) is 0. The van der Waals surface area contributed by atoms with E-state index in [1.807, 2.05) is 13.1 Å². The standard InChI is InChI=1S/C8H11N3/c1-8(9)3-2-6-4-10-5-11-7(6)8/h4-5H,2-3,9H2,1H3. The molecule has 0 bridgehead atoms. The van der Waals surface area contributed by atoms with Crippen molar-refractivity contribution in [2.24, 2.45) is 5.73 Å². The molecule has 0 radical (unpaired) electrons. The molecule has 0 saturated heterocycles. The fourth-order valence-electron chi connectivity index (χ4n) is 1.57. The molecule has 1 unspecified atom stereocenters. The summed E-state index contributed by atoms with van der Waals surface area (Å²) in [7, 11) is 0. The predicted molar refractivity (Wildman–Crippen MR) is 41.9 cm³/mol. The molecule has 1 aromatic rings. The number of nitrogens with two attached hydrogens (primary N) is 1. The molecule has 0 saturated carbocycles. The fourth-order valence-corrected chi connectivity index (χ4v) is 1.57. The molecule has 11 heavy (non-hydrogen) atoms. The van der Waals surface area contributed by atoms with E-state index >= 15 is 0 Å². The molecule has 0 spiro atoms. The number of fused-ring (bicyclic) bond motifs is 1. The summed E-state index contributed by atoms with van der Waals surface area (Å²) in [6.07, 6.45) is 5.43. The highest BCUT2D eigenvalue weighted by molar-refractivity contribution is 5.29. The van der Waals surface area contributed by atoms with Gasteiger partial charge in [-0.15, -0.1) is 0 Å². The molecule has 3 nitrogen and oxygen atoms in total. The molecule has 1 aliphatic carbocycles. The van der Waals surface area contributed by atoms with Crippen molar-refractivity contribution in [3.8, 4) is 0 Å². The minimum absolute atomic E-state index is 0.224. The Hall–Kier alpha value is -0.960. The van der Waals surface area contributed by atoms with Crippen LogP contribution >= 0.6 is 0 Å². The Morgan fingerprint density at radius 2 is 2.45 bits per heavy atom. The van der Waals surface area contributed by atoms with Crippen LogP contribution in [0.2, 0.25) is 0 Å². The predicted octanol–water partition coefficient (Wildman–Crippen LogP) is 0.597. The summed E-state index contributed by atoms with van der Waals surface area (Å²) in [6.45, 7) is 2.02. The van der Waals surface area contributed by atoms with Crippen molar-refractivity contribution in [1.82, 2.24) is 9.97 Å². The van der Waals surface area contributed by atoms with Crippen LogP contribution in [0.3, 0.4) is 0 Å². The molecule has 58 valence electrons. The summed E-state index contributed by atoms with van der Waals surface area (Å²) in [6, 6.07) is 0. The zero-order valence-electron chi connectivity index (χ0n) is 6.54. The second-order valence-corrected chi connectivity index (χ2v) is 3.31. The van der Waals surface area contributed by atoms with Crippen LogP contribution < -0.4 is 5.73 Å². The molecule has 1 aromatic heterocycles. The smallest absolute Gasteiger partial charge is 0.115 e. The number of hydrogen-bond acceptors (Lipinski definition) is 3. The first-order valence-corrected chi connectivity index (χ1v) is 3.78. The van der Waals surface area contributed by atoms with Crippen LogP contribution in [0.5, 0.6) is 0 Å². The lowest BCUT2D eigenvalue weighted by Gasteiger charge is -2.16. The average Bonchev–Trinajstić information content (AvgIpc) is 2.29.